The molecule has 6 heteroatoms. The largest absolute Gasteiger partial charge is 0.348 e. The van der Waals surface area contributed by atoms with Crippen LogP contribution in [-0.4, -0.2) is 34.0 Å². The average Bonchev–Trinajstić information content (AvgIpc) is 2.51. The van der Waals surface area contributed by atoms with E-state index in [2.05, 4.69) is 26.3 Å². The number of imidazole rings is 1. The molecule has 0 spiro atoms. The molecule has 0 amide bonds. The van der Waals surface area contributed by atoms with Gasteiger partial charge in [-0.25, -0.2) is 4.98 Å². The van der Waals surface area contributed by atoms with Crippen LogP contribution in [0.1, 0.15) is 0 Å². The Morgan fingerprint density at radius 3 is 2.92 bits per heavy atom. The summed E-state index contributed by atoms with van der Waals surface area (Å²) in [5.74, 6) is 0.484. The molecule has 1 radical (unpaired) electrons. The van der Waals surface area contributed by atoms with E-state index in [1.165, 1.54) is 0 Å². The molecule has 2 aromatic rings. The second-order valence-electron chi connectivity index (χ2n) is 2.83. The molecular formula is C7H8N5O. The highest BCUT2D eigenvalue weighted by molar-refractivity contribution is 5.69. The van der Waals surface area contributed by atoms with E-state index in [0.717, 1.165) is 0 Å². The van der Waals surface area contributed by atoms with E-state index >= 15 is 0 Å². The second-order valence-corrected chi connectivity index (χ2v) is 2.83. The summed E-state index contributed by atoms with van der Waals surface area (Å²) in [5, 5.41) is 0. The second kappa shape index (κ2) is 2.58. The number of fused-ring (bicyclic) bond motifs is 1. The fourth-order valence-electron chi connectivity index (χ4n) is 0.992. The molecule has 0 atom stereocenters. The molecule has 2 rings (SSSR count). The molecule has 0 aromatic carbocycles. The third-order valence-corrected chi connectivity index (χ3v) is 1.65. The fraction of sp³-hybridized carbons (Fsp3) is 0.286. The van der Waals surface area contributed by atoms with Crippen molar-refractivity contribution in [1.29, 1.82) is 0 Å². The molecular weight excluding hydrogens is 170 g/mol. The van der Waals surface area contributed by atoms with Gasteiger partial charge < -0.3 is 9.88 Å². The van der Waals surface area contributed by atoms with E-state index in [1.807, 2.05) is 0 Å². The number of aromatic nitrogens is 4. The van der Waals surface area contributed by atoms with Crippen molar-refractivity contribution in [3.05, 3.63) is 16.7 Å². The topological polar surface area (TPSA) is 77.7 Å². The van der Waals surface area contributed by atoms with Gasteiger partial charge in [-0.2, -0.15) is 4.98 Å². The van der Waals surface area contributed by atoms with E-state index in [1.54, 1.807) is 19.0 Å². The van der Waals surface area contributed by atoms with Gasteiger partial charge in [0.2, 0.25) is 5.95 Å². The van der Waals surface area contributed by atoms with Gasteiger partial charge in [0.15, 0.2) is 17.5 Å². The van der Waals surface area contributed by atoms with Crippen LogP contribution in [0.4, 0.5) is 5.95 Å². The maximum absolute atomic E-state index is 11.4. The van der Waals surface area contributed by atoms with Crippen molar-refractivity contribution in [1.82, 2.24) is 19.9 Å². The number of nitrogens with zero attached hydrogens (tertiary/aromatic N) is 3. The molecule has 67 valence electrons. The first-order valence-corrected chi connectivity index (χ1v) is 3.72. The fourth-order valence-corrected chi connectivity index (χ4v) is 0.992. The molecule has 0 unspecified atom stereocenters. The van der Waals surface area contributed by atoms with Crippen LogP contribution < -0.4 is 10.5 Å². The molecule has 0 aliphatic carbocycles. The third kappa shape index (κ3) is 1.16. The van der Waals surface area contributed by atoms with Crippen molar-refractivity contribution in [3.8, 4) is 0 Å². The standard InChI is InChI=1S/C7H8N5O/c1-12(2)7-10-5-4(6(13)11-7)8-3-9-5/h1-2H3,(H2,8,9,10,11,13). The highest BCUT2D eigenvalue weighted by Crippen LogP contribution is 2.04. The molecule has 0 saturated heterocycles. The van der Waals surface area contributed by atoms with Crippen LogP contribution in [0.2, 0.25) is 0 Å². The summed E-state index contributed by atoms with van der Waals surface area (Å²) in [6.45, 7) is 0. The summed E-state index contributed by atoms with van der Waals surface area (Å²) in [7, 11) is 3.58. The third-order valence-electron chi connectivity index (χ3n) is 1.65. The van der Waals surface area contributed by atoms with E-state index in [9.17, 15) is 4.79 Å². The normalized spacial score (nSPS) is 10.6. The molecule has 0 saturated carbocycles. The van der Waals surface area contributed by atoms with Crippen molar-refractivity contribution in [3.63, 3.8) is 0 Å². The minimum Gasteiger partial charge on any atom is -0.348 e. The minimum atomic E-state index is -0.234. The van der Waals surface area contributed by atoms with Crippen LogP contribution in [0.15, 0.2) is 4.79 Å². The summed E-state index contributed by atoms with van der Waals surface area (Å²) in [5.41, 5.74) is 0.500. The number of H-pyrrole nitrogens is 2. The quantitative estimate of drug-likeness (QED) is 0.617. The van der Waals surface area contributed by atoms with Crippen molar-refractivity contribution < 1.29 is 0 Å². The van der Waals surface area contributed by atoms with E-state index in [0.29, 0.717) is 17.1 Å². The Kier molecular flexibility index (Phi) is 1.54. The Morgan fingerprint density at radius 2 is 2.23 bits per heavy atom. The summed E-state index contributed by atoms with van der Waals surface area (Å²) >= 11 is 0. The predicted octanol–water partition coefficient (Wildman–Crippen LogP) is -0.488. The van der Waals surface area contributed by atoms with Crippen molar-refractivity contribution in [2.75, 3.05) is 19.0 Å². The van der Waals surface area contributed by atoms with E-state index in [-0.39, 0.29) is 5.56 Å². The Hall–Kier alpha value is -1.85. The van der Waals surface area contributed by atoms with Crippen molar-refractivity contribution in [2.45, 2.75) is 0 Å². The molecule has 0 aliphatic heterocycles. The zero-order valence-corrected chi connectivity index (χ0v) is 7.25. The number of rotatable bonds is 1. The molecule has 0 fully saturated rings. The van der Waals surface area contributed by atoms with Gasteiger partial charge in [0.1, 0.15) is 0 Å². The summed E-state index contributed by atoms with van der Waals surface area (Å²) in [6, 6.07) is 0. The van der Waals surface area contributed by atoms with Crippen LogP contribution in [-0.2, 0) is 0 Å². The first kappa shape index (κ1) is 7.78. The number of hydrogen-bond acceptors (Lipinski definition) is 4. The lowest BCUT2D eigenvalue weighted by Gasteiger charge is -2.08. The smallest absolute Gasteiger partial charge is 0.278 e. The number of aromatic amines is 2. The van der Waals surface area contributed by atoms with Crippen LogP contribution in [0.3, 0.4) is 0 Å². The van der Waals surface area contributed by atoms with Gasteiger partial charge in [-0.1, -0.05) is 0 Å². The van der Waals surface area contributed by atoms with Gasteiger partial charge in [0.25, 0.3) is 5.56 Å². The highest BCUT2D eigenvalue weighted by Gasteiger charge is 2.06. The summed E-state index contributed by atoms with van der Waals surface area (Å²) in [4.78, 5) is 26.1. The maximum Gasteiger partial charge on any atom is 0.278 e. The molecule has 13 heavy (non-hydrogen) atoms. The molecule has 0 bridgehead atoms. The van der Waals surface area contributed by atoms with Gasteiger partial charge in [0, 0.05) is 14.1 Å². The van der Waals surface area contributed by atoms with E-state index < -0.39 is 0 Å². The van der Waals surface area contributed by atoms with Gasteiger partial charge >= 0.3 is 0 Å². The molecule has 6 nitrogen and oxygen atoms in total. The van der Waals surface area contributed by atoms with Crippen LogP contribution in [0, 0.1) is 6.33 Å². The number of hydrogen-bond donors (Lipinski definition) is 2. The van der Waals surface area contributed by atoms with Crippen molar-refractivity contribution >= 4 is 17.1 Å². The lowest BCUT2D eigenvalue weighted by Crippen LogP contribution is -2.18. The van der Waals surface area contributed by atoms with Gasteiger partial charge in [-0.05, 0) is 0 Å². The summed E-state index contributed by atoms with van der Waals surface area (Å²) < 4.78 is 0. The zero-order valence-electron chi connectivity index (χ0n) is 7.25. The Morgan fingerprint density at radius 1 is 1.46 bits per heavy atom. The average molecular weight is 178 g/mol. The Labute approximate surface area is 73.6 Å². The van der Waals surface area contributed by atoms with Gasteiger partial charge in [-0.15, -0.1) is 0 Å². The SMILES string of the molecule is CN(C)c1nc2n[c][nH]c2c(=O)[nH]1. The number of nitrogens with one attached hydrogen (secondary N) is 2. The predicted molar refractivity (Wildman–Crippen MR) is 47.7 cm³/mol. The molecule has 2 N–H and O–H groups in total. The van der Waals surface area contributed by atoms with Gasteiger partial charge in [-0.3, -0.25) is 9.78 Å². The van der Waals surface area contributed by atoms with Crippen LogP contribution >= 0.6 is 0 Å². The van der Waals surface area contributed by atoms with Crippen molar-refractivity contribution in [2.24, 2.45) is 0 Å². The Bertz CT molecular complexity index is 483. The lowest BCUT2D eigenvalue weighted by molar-refractivity contribution is 0.997. The lowest BCUT2D eigenvalue weighted by atomic mass is 10.5. The first-order valence-electron chi connectivity index (χ1n) is 3.72. The Balaban J connectivity index is 2.77. The maximum atomic E-state index is 11.4. The monoisotopic (exact) mass is 178 g/mol. The summed E-state index contributed by atoms with van der Waals surface area (Å²) in [6.07, 6.45) is 2.47. The minimum absolute atomic E-state index is 0.234. The molecule has 2 aromatic heterocycles. The van der Waals surface area contributed by atoms with Crippen LogP contribution in [0.5, 0.6) is 0 Å². The first-order chi connectivity index (χ1) is 6.18. The van der Waals surface area contributed by atoms with Crippen LogP contribution in [0.25, 0.3) is 11.2 Å². The number of anilines is 1. The van der Waals surface area contributed by atoms with E-state index in [4.69, 9.17) is 0 Å². The molecule has 0 aliphatic rings. The molecule has 2 heterocycles. The highest BCUT2D eigenvalue weighted by atomic mass is 16.1. The zero-order chi connectivity index (χ0) is 9.42. The van der Waals surface area contributed by atoms with Gasteiger partial charge in [0.05, 0.1) is 0 Å².